The third-order valence-corrected chi connectivity index (χ3v) is 5.39. The lowest BCUT2D eigenvalue weighted by atomic mass is 9.96. The summed E-state index contributed by atoms with van der Waals surface area (Å²) in [5, 5.41) is 0. The summed E-state index contributed by atoms with van der Waals surface area (Å²) in [5.74, 6) is 1.62. The molecule has 4 nitrogen and oxygen atoms in total. The van der Waals surface area contributed by atoms with Crippen LogP contribution in [0.2, 0.25) is 0 Å². The van der Waals surface area contributed by atoms with E-state index in [0.717, 1.165) is 37.3 Å². The second kappa shape index (κ2) is 10.9. The minimum Gasteiger partial charge on any atom is -0.493 e. The van der Waals surface area contributed by atoms with Crippen LogP contribution in [0.5, 0.6) is 11.5 Å². The van der Waals surface area contributed by atoms with E-state index in [4.69, 9.17) is 9.47 Å². The van der Waals surface area contributed by atoms with E-state index in [1.165, 1.54) is 36.9 Å². The van der Waals surface area contributed by atoms with Gasteiger partial charge in [0, 0.05) is 18.4 Å². The molecule has 0 bridgehead atoms. The monoisotopic (exact) mass is 380 g/mol. The molecule has 0 N–H and O–H groups in total. The highest BCUT2D eigenvalue weighted by Gasteiger charge is 2.23. The molecule has 2 aromatic rings. The second-order valence-corrected chi connectivity index (χ2v) is 7.37. The van der Waals surface area contributed by atoms with E-state index in [0.29, 0.717) is 12.6 Å². The van der Waals surface area contributed by atoms with Gasteiger partial charge in [-0.25, -0.2) is 0 Å². The van der Waals surface area contributed by atoms with Crippen LogP contribution in [-0.4, -0.2) is 36.7 Å². The molecular weight excluding hydrogens is 348 g/mol. The van der Waals surface area contributed by atoms with Crippen molar-refractivity contribution in [2.24, 2.45) is 0 Å². The molecular formula is C24H32N2O2. The number of hydrogen-bond donors (Lipinski definition) is 0. The predicted octanol–water partition coefficient (Wildman–Crippen LogP) is 5.20. The zero-order valence-corrected chi connectivity index (χ0v) is 17.0. The largest absolute Gasteiger partial charge is 0.493 e. The number of aromatic nitrogens is 1. The summed E-state index contributed by atoms with van der Waals surface area (Å²) in [6.07, 6.45) is 12.6. The summed E-state index contributed by atoms with van der Waals surface area (Å²) in [5.41, 5.74) is 2.54. The number of unbranched alkanes of at least 4 members (excludes halogenated alkanes) is 1. The van der Waals surface area contributed by atoms with Crippen LogP contribution in [0.3, 0.4) is 0 Å². The standard InChI is InChI=1S/C24H32N2O2/c1-3-9-20-12-13-23(24(18-20)27-2)28-17-7-6-16-26-15-5-4-11-22(26)21-10-8-14-25-19-21/h3,8,10,12-14,18-19,22H,1,4-7,9,11,15-17H2,2H3. The average molecular weight is 381 g/mol. The lowest BCUT2D eigenvalue weighted by molar-refractivity contribution is 0.142. The maximum Gasteiger partial charge on any atom is 0.161 e. The van der Waals surface area contributed by atoms with Crippen molar-refractivity contribution < 1.29 is 9.47 Å². The second-order valence-electron chi connectivity index (χ2n) is 7.37. The molecule has 150 valence electrons. The number of benzene rings is 1. The van der Waals surface area contributed by atoms with Crippen molar-refractivity contribution in [2.45, 2.75) is 44.6 Å². The van der Waals surface area contributed by atoms with Crippen molar-refractivity contribution in [3.63, 3.8) is 0 Å². The van der Waals surface area contributed by atoms with E-state index < -0.39 is 0 Å². The van der Waals surface area contributed by atoms with Crippen LogP contribution in [0.4, 0.5) is 0 Å². The molecule has 28 heavy (non-hydrogen) atoms. The van der Waals surface area contributed by atoms with Gasteiger partial charge in [-0.15, -0.1) is 6.58 Å². The number of rotatable bonds is 10. The van der Waals surface area contributed by atoms with E-state index in [9.17, 15) is 0 Å². The fourth-order valence-electron chi connectivity index (χ4n) is 3.93. The van der Waals surface area contributed by atoms with Gasteiger partial charge in [0.1, 0.15) is 0 Å². The number of hydrogen-bond acceptors (Lipinski definition) is 4. The van der Waals surface area contributed by atoms with Gasteiger partial charge in [0.25, 0.3) is 0 Å². The van der Waals surface area contributed by atoms with E-state index in [2.05, 4.69) is 28.6 Å². The van der Waals surface area contributed by atoms with Crippen LogP contribution in [-0.2, 0) is 6.42 Å². The Labute approximate surface area is 169 Å². The van der Waals surface area contributed by atoms with Gasteiger partial charge in [-0.1, -0.05) is 24.6 Å². The van der Waals surface area contributed by atoms with Gasteiger partial charge in [-0.3, -0.25) is 9.88 Å². The molecule has 0 spiro atoms. The Balaban J connectivity index is 1.46. The molecule has 1 aliphatic heterocycles. The van der Waals surface area contributed by atoms with Gasteiger partial charge in [-0.05, 0) is 74.5 Å². The van der Waals surface area contributed by atoms with E-state index >= 15 is 0 Å². The first-order valence-electron chi connectivity index (χ1n) is 10.4. The van der Waals surface area contributed by atoms with Crippen molar-refractivity contribution in [2.75, 3.05) is 26.8 Å². The van der Waals surface area contributed by atoms with Crippen LogP contribution in [0.1, 0.15) is 49.3 Å². The van der Waals surface area contributed by atoms with Gasteiger partial charge in [-0.2, -0.15) is 0 Å². The summed E-state index contributed by atoms with van der Waals surface area (Å²) >= 11 is 0. The number of allylic oxidation sites excluding steroid dienone is 1. The van der Waals surface area contributed by atoms with Crippen LogP contribution < -0.4 is 9.47 Å². The van der Waals surface area contributed by atoms with E-state index in [-0.39, 0.29) is 0 Å². The highest BCUT2D eigenvalue weighted by molar-refractivity contribution is 5.43. The Morgan fingerprint density at radius 3 is 2.93 bits per heavy atom. The van der Waals surface area contributed by atoms with Crippen molar-refractivity contribution in [1.29, 1.82) is 0 Å². The smallest absolute Gasteiger partial charge is 0.161 e. The Kier molecular flexibility index (Phi) is 7.92. The average Bonchev–Trinajstić information content (AvgIpc) is 2.75. The molecule has 1 atom stereocenters. The summed E-state index contributed by atoms with van der Waals surface area (Å²) in [7, 11) is 1.69. The Bertz CT molecular complexity index is 733. The number of likely N-dealkylation sites (tertiary alicyclic amines) is 1. The summed E-state index contributed by atoms with van der Waals surface area (Å²) < 4.78 is 11.5. The van der Waals surface area contributed by atoms with Crippen LogP contribution in [0.25, 0.3) is 0 Å². The fourth-order valence-corrected chi connectivity index (χ4v) is 3.93. The molecule has 0 radical (unpaired) electrons. The van der Waals surface area contributed by atoms with Gasteiger partial charge < -0.3 is 9.47 Å². The highest BCUT2D eigenvalue weighted by Crippen LogP contribution is 2.31. The molecule has 0 aliphatic carbocycles. The molecule has 3 rings (SSSR count). The Morgan fingerprint density at radius 2 is 2.14 bits per heavy atom. The minimum absolute atomic E-state index is 0.515. The van der Waals surface area contributed by atoms with Gasteiger partial charge in [0.2, 0.25) is 0 Å². The molecule has 0 amide bonds. The van der Waals surface area contributed by atoms with Crippen molar-refractivity contribution >= 4 is 0 Å². The number of pyridine rings is 1. The molecule has 1 aliphatic rings. The Hall–Kier alpha value is -2.33. The van der Waals surface area contributed by atoms with Crippen molar-refractivity contribution in [1.82, 2.24) is 9.88 Å². The minimum atomic E-state index is 0.515. The molecule has 1 fully saturated rings. The maximum atomic E-state index is 5.98. The lowest BCUT2D eigenvalue weighted by Gasteiger charge is -2.35. The molecule has 4 heteroatoms. The van der Waals surface area contributed by atoms with Gasteiger partial charge in [0.05, 0.1) is 13.7 Å². The molecule has 1 unspecified atom stereocenters. The molecule has 1 aromatic carbocycles. The van der Waals surface area contributed by atoms with Crippen LogP contribution in [0.15, 0.2) is 55.4 Å². The quantitative estimate of drug-likeness (QED) is 0.419. The first-order chi connectivity index (χ1) is 13.8. The number of nitrogens with zero attached hydrogens (tertiary/aromatic N) is 2. The predicted molar refractivity (Wildman–Crippen MR) is 114 cm³/mol. The third kappa shape index (κ3) is 5.59. The summed E-state index contributed by atoms with van der Waals surface area (Å²) in [6, 6.07) is 10.9. The fraction of sp³-hybridized carbons (Fsp3) is 0.458. The maximum absolute atomic E-state index is 5.98. The van der Waals surface area contributed by atoms with Crippen LogP contribution >= 0.6 is 0 Å². The normalized spacial score (nSPS) is 17.2. The molecule has 1 aromatic heterocycles. The lowest BCUT2D eigenvalue weighted by Crippen LogP contribution is -2.34. The molecule has 1 saturated heterocycles. The first kappa shape index (κ1) is 20.4. The zero-order chi connectivity index (χ0) is 19.6. The van der Waals surface area contributed by atoms with Crippen molar-refractivity contribution in [3.8, 4) is 11.5 Å². The topological polar surface area (TPSA) is 34.6 Å². The highest BCUT2D eigenvalue weighted by atomic mass is 16.5. The number of piperidine rings is 1. The molecule has 0 saturated carbocycles. The Morgan fingerprint density at radius 1 is 1.21 bits per heavy atom. The molecule has 2 heterocycles. The SMILES string of the molecule is C=CCc1ccc(OCCCCN2CCCCC2c2cccnc2)c(OC)c1. The summed E-state index contributed by atoms with van der Waals surface area (Å²) in [4.78, 5) is 6.92. The van der Waals surface area contributed by atoms with E-state index in [1.807, 2.05) is 36.7 Å². The first-order valence-corrected chi connectivity index (χ1v) is 10.4. The van der Waals surface area contributed by atoms with Crippen LogP contribution in [0, 0.1) is 0 Å². The third-order valence-electron chi connectivity index (χ3n) is 5.39. The van der Waals surface area contributed by atoms with Gasteiger partial charge in [0.15, 0.2) is 11.5 Å². The van der Waals surface area contributed by atoms with Gasteiger partial charge >= 0.3 is 0 Å². The zero-order valence-electron chi connectivity index (χ0n) is 17.0. The summed E-state index contributed by atoms with van der Waals surface area (Å²) in [6.45, 7) is 6.79. The van der Waals surface area contributed by atoms with Crippen molar-refractivity contribution in [3.05, 3.63) is 66.5 Å². The number of methoxy groups -OCH3 is 1. The van der Waals surface area contributed by atoms with E-state index in [1.54, 1.807) is 7.11 Å². The number of ether oxygens (including phenoxy) is 2.